The Labute approximate surface area is 229 Å². The molecule has 14 nitrogen and oxygen atoms in total. The fourth-order valence-corrected chi connectivity index (χ4v) is 2.18. The number of carboxylic acids is 4. The maximum absolute atomic E-state index is 10.4. The number of carboxylic acid groups (broad SMARTS) is 4. The molecule has 0 aliphatic rings. The molecule has 0 spiro atoms. The second-order valence-corrected chi connectivity index (χ2v) is 9.26. The first-order valence-corrected chi connectivity index (χ1v) is 12.3. The van der Waals surface area contributed by atoms with Crippen molar-refractivity contribution in [2.45, 2.75) is 77.5 Å². The van der Waals surface area contributed by atoms with Crippen LogP contribution in [0.1, 0.15) is 52.5 Å². The van der Waals surface area contributed by atoms with Crippen LogP contribution in [-0.2, 0) is 25.6 Å². The molecule has 0 bridgehead atoms. The van der Waals surface area contributed by atoms with Crippen molar-refractivity contribution in [2.75, 3.05) is 6.54 Å². The van der Waals surface area contributed by atoms with Crippen LogP contribution in [0.4, 0.5) is 0 Å². The fourth-order valence-electron chi connectivity index (χ4n) is 2.18. The van der Waals surface area contributed by atoms with E-state index in [9.17, 15) is 19.2 Å². The van der Waals surface area contributed by atoms with Gasteiger partial charge in [0, 0.05) is 0 Å². The molecule has 226 valence electrons. The van der Waals surface area contributed by atoms with E-state index >= 15 is 0 Å². The number of aliphatic carboxylic acids is 4. The number of hydrogen-bond donors (Lipinski definition) is 10. The van der Waals surface area contributed by atoms with Crippen LogP contribution in [0, 0.1) is 11.8 Å². The fraction of sp³-hybridized carbons (Fsp3) is 0.600. The summed E-state index contributed by atoms with van der Waals surface area (Å²) in [5.74, 6) is -3.61. The van der Waals surface area contributed by atoms with Crippen LogP contribution in [0.15, 0.2) is 24.3 Å². The summed E-state index contributed by atoms with van der Waals surface area (Å²) in [5, 5.41) is 42.3. The molecule has 0 saturated carbocycles. The Morgan fingerprint density at radius 1 is 0.667 bits per heavy atom. The SMILES string of the molecule is CC(C)C(N)C(=O)O.CC(C)C(N)C(=O)O.NC(Cc1ccc(O)cc1)C(=O)O.NCCCCC(N)C(=O)O. The van der Waals surface area contributed by atoms with Crippen molar-refractivity contribution in [1.82, 2.24) is 0 Å². The molecule has 4 atom stereocenters. The van der Waals surface area contributed by atoms with E-state index in [-0.39, 0.29) is 24.0 Å². The summed E-state index contributed by atoms with van der Waals surface area (Å²) in [4.78, 5) is 40.6. The van der Waals surface area contributed by atoms with Crippen LogP contribution in [-0.4, -0.2) is 80.1 Å². The van der Waals surface area contributed by atoms with E-state index in [2.05, 4.69) is 0 Å². The van der Waals surface area contributed by atoms with Crippen LogP contribution in [0.5, 0.6) is 5.75 Å². The van der Waals surface area contributed by atoms with Crippen molar-refractivity contribution >= 4 is 23.9 Å². The second-order valence-electron chi connectivity index (χ2n) is 9.26. The normalized spacial score (nSPS) is 13.2. The van der Waals surface area contributed by atoms with Gasteiger partial charge in [-0.15, -0.1) is 0 Å². The molecule has 0 amide bonds. The lowest BCUT2D eigenvalue weighted by Crippen LogP contribution is -2.34. The molecular formula is C25H47N5O9. The summed E-state index contributed by atoms with van der Waals surface area (Å²) >= 11 is 0. The molecule has 0 heterocycles. The molecule has 1 aromatic rings. The predicted octanol–water partition coefficient (Wildman–Crippen LogP) is -0.0175. The summed E-state index contributed by atoms with van der Waals surface area (Å²) in [5.41, 5.74) is 26.9. The van der Waals surface area contributed by atoms with Gasteiger partial charge in [0.15, 0.2) is 0 Å². The van der Waals surface area contributed by atoms with Crippen molar-refractivity contribution in [3.8, 4) is 5.75 Å². The van der Waals surface area contributed by atoms with E-state index < -0.39 is 48.0 Å². The standard InChI is InChI=1S/C9H11NO3.C6H14N2O2.2C5H11NO2/c10-8(9(12)13)5-6-1-3-7(11)4-2-6;7-4-2-1-3-5(8)6(9)10;2*1-3(2)4(6)5(7)8/h1-4,8,11H,5,10H2,(H,12,13);5H,1-4,7-8H2,(H,9,10);2*3-4H,6H2,1-2H3,(H,7,8). The van der Waals surface area contributed by atoms with Crippen LogP contribution < -0.4 is 28.7 Å². The first-order valence-electron chi connectivity index (χ1n) is 12.3. The van der Waals surface area contributed by atoms with Gasteiger partial charge in [0.1, 0.15) is 29.9 Å². The van der Waals surface area contributed by atoms with Gasteiger partial charge in [-0.2, -0.15) is 0 Å². The Balaban J connectivity index is -0.000000454. The van der Waals surface area contributed by atoms with Gasteiger partial charge in [-0.25, -0.2) is 0 Å². The van der Waals surface area contributed by atoms with Gasteiger partial charge in [0.2, 0.25) is 0 Å². The summed E-state index contributed by atoms with van der Waals surface area (Å²) in [6, 6.07) is 3.28. The zero-order valence-corrected chi connectivity index (χ0v) is 23.1. The minimum absolute atomic E-state index is 0.0208. The Hall–Kier alpha value is -3.30. The molecule has 0 aliphatic heterocycles. The first-order chi connectivity index (χ1) is 17.9. The lowest BCUT2D eigenvalue weighted by atomic mass is 10.1. The summed E-state index contributed by atoms with van der Waals surface area (Å²) in [6.07, 6.45) is 2.44. The van der Waals surface area contributed by atoms with Gasteiger partial charge in [0.25, 0.3) is 0 Å². The van der Waals surface area contributed by atoms with Crippen molar-refractivity contribution in [3.63, 3.8) is 0 Å². The Bertz CT molecular complexity index is 812. The lowest BCUT2D eigenvalue weighted by molar-refractivity contribution is -0.140. The second kappa shape index (κ2) is 22.7. The van der Waals surface area contributed by atoms with E-state index in [4.69, 9.17) is 54.2 Å². The summed E-state index contributed by atoms with van der Waals surface area (Å²) in [7, 11) is 0. The zero-order chi connectivity index (χ0) is 31.3. The Morgan fingerprint density at radius 2 is 1.05 bits per heavy atom. The molecule has 0 aromatic heterocycles. The number of hydrogen-bond acceptors (Lipinski definition) is 10. The highest BCUT2D eigenvalue weighted by Gasteiger charge is 2.15. The van der Waals surface area contributed by atoms with E-state index in [0.29, 0.717) is 13.0 Å². The molecule has 0 fully saturated rings. The van der Waals surface area contributed by atoms with Crippen LogP contribution in [0.2, 0.25) is 0 Å². The van der Waals surface area contributed by atoms with Crippen LogP contribution in [0.25, 0.3) is 0 Å². The van der Waals surface area contributed by atoms with E-state index in [1.54, 1.807) is 39.8 Å². The maximum atomic E-state index is 10.4. The topological polar surface area (TPSA) is 300 Å². The third kappa shape index (κ3) is 23.5. The number of unbranched alkanes of at least 4 members (excludes halogenated alkanes) is 1. The summed E-state index contributed by atoms with van der Waals surface area (Å²) < 4.78 is 0. The average Bonchev–Trinajstić information content (AvgIpc) is 2.85. The van der Waals surface area contributed by atoms with Crippen molar-refractivity contribution in [3.05, 3.63) is 29.8 Å². The molecule has 1 rings (SSSR count). The Morgan fingerprint density at radius 3 is 1.31 bits per heavy atom. The molecule has 39 heavy (non-hydrogen) atoms. The van der Waals surface area contributed by atoms with E-state index in [0.717, 1.165) is 18.4 Å². The van der Waals surface area contributed by atoms with Crippen LogP contribution >= 0.6 is 0 Å². The van der Waals surface area contributed by atoms with Gasteiger partial charge < -0.3 is 54.2 Å². The number of phenolic OH excluding ortho intramolecular Hbond substituents is 1. The molecule has 15 N–H and O–H groups in total. The smallest absolute Gasteiger partial charge is 0.320 e. The van der Waals surface area contributed by atoms with Gasteiger partial charge in [-0.1, -0.05) is 46.2 Å². The molecule has 1 aromatic carbocycles. The zero-order valence-electron chi connectivity index (χ0n) is 23.1. The van der Waals surface area contributed by atoms with E-state index in [1.807, 2.05) is 0 Å². The minimum Gasteiger partial charge on any atom is -0.508 e. The quantitative estimate of drug-likeness (QED) is 0.150. The highest BCUT2D eigenvalue weighted by atomic mass is 16.4. The van der Waals surface area contributed by atoms with Crippen LogP contribution in [0.3, 0.4) is 0 Å². The number of phenols is 1. The lowest BCUT2D eigenvalue weighted by Gasteiger charge is -2.07. The number of carbonyl (C=O) groups is 4. The number of benzene rings is 1. The van der Waals surface area contributed by atoms with Crippen molar-refractivity contribution in [1.29, 1.82) is 0 Å². The highest BCUT2D eigenvalue weighted by Crippen LogP contribution is 2.10. The van der Waals surface area contributed by atoms with Crippen molar-refractivity contribution in [2.24, 2.45) is 40.5 Å². The predicted molar refractivity (Wildman–Crippen MR) is 147 cm³/mol. The largest absolute Gasteiger partial charge is 0.508 e. The number of nitrogens with two attached hydrogens (primary N) is 5. The molecule has 0 aliphatic carbocycles. The maximum Gasteiger partial charge on any atom is 0.320 e. The van der Waals surface area contributed by atoms with Gasteiger partial charge in [-0.05, 0) is 55.3 Å². The Kier molecular flexibility index (Phi) is 23.4. The van der Waals surface area contributed by atoms with Gasteiger partial charge in [0.05, 0.1) is 0 Å². The monoisotopic (exact) mass is 561 g/mol. The van der Waals surface area contributed by atoms with Crippen molar-refractivity contribution < 1.29 is 44.7 Å². The average molecular weight is 562 g/mol. The third-order valence-electron chi connectivity index (χ3n) is 5.00. The first kappa shape index (κ1) is 40.2. The third-order valence-corrected chi connectivity index (χ3v) is 5.00. The molecular weight excluding hydrogens is 514 g/mol. The number of rotatable bonds is 12. The molecule has 4 unspecified atom stereocenters. The minimum atomic E-state index is -1.02. The summed E-state index contributed by atoms with van der Waals surface area (Å²) in [6.45, 7) is 7.71. The molecule has 0 radical (unpaired) electrons. The molecule has 14 heteroatoms. The molecule has 0 saturated heterocycles. The van der Waals surface area contributed by atoms with Gasteiger partial charge in [-0.3, -0.25) is 19.2 Å². The number of aromatic hydroxyl groups is 1. The van der Waals surface area contributed by atoms with Gasteiger partial charge >= 0.3 is 23.9 Å². The van der Waals surface area contributed by atoms with E-state index in [1.165, 1.54) is 12.1 Å². The highest BCUT2D eigenvalue weighted by molar-refractivity contribution is 5.74.